The van der Waals surface area contributed by atoms with Gasteiger partial charge in [0.15, 0.2) is 0 Å². The number of fused-ring (bicyclic) bond motifs is 1. The normalized spacial score (nSPS) is 10.1. The fraction of sp³-hybridized carbons (Fsp3) is 0.250. The van der Waals surface area contributed by atoms with Gasteiger partial charge in [-0.25, -0.2) is 0 Å². The molecule has 3 nitrogen and oxygen atoms in total. The Balaban J connectivity index is 0.00000110. The molecule has 0 fully saturated rings. The summed E-state index contributed by atoms with van der Waals surface area (Å²) in [6, 6.07) is 12.7. The number of H-pyrrole nitrogens is 1. The molecule has 0 radical (unpaired) electrons. The van der Waals surface area contributed by atoms with Gasteiger partial charge >= 0.3 is 0 Å². The van der Waals surface area contributed by atoms with Gasteiger partial charge in [0.2, 0.25) is 0 Å². The van der Waals surface area contributed by atoms with E-state index in [1.165, 1.54) is 22.2 Å². The van der Waals surface area contributed by atoms with E-state index >= 15 is 0 Å². The standard InChI is InChI=1S/C16H19N3.2ClH/c1-19-10-4-5-14(19)12-17-9-8-13-11-18-16-7-3-2-6-15(13)16;;/h2-7,10-11,17-18H,8-9,12H2,1H3;2*1H. The van der Waals surface area contributed by atoms with Crippen LogP contribution in [0.5, 0.6) is 0 Å². The number of rotatable bonds is 5. The number of hydrogen-bond acceptors (Lipinski definition) is 1. The SMILES string of the molecule is Cl.Cl.Cn1cccc1CNCCc1c[nH]c2ccccc12. The monoisotopic (exact) mass is 325 g/mol. The van der Waals surface area contributed by atoms with Crippen LogP contribution in [0.2, 0.25) is 0 Å². The van der Waals surface area contributed by atoms with Gasteiger partial charge in [-0.05, 0) is 36.7 Å². The Morgan fingerprint density at radius 2 is 1.90 bits per heavy atom. The maximum Gasteiger partial charge on any atom is 0.0456 e. The van der Waals surface area contributed by atoms with E-state index in [1.54, 1.807) is 0 Å². The topological polar surface area (TPSA) is 32.8 Å². The molecule has 2 N–H and O–H groups in total. The van der Waals surface area contributed by atoms with Crippen LogP contribution in [0.4, 0.5) is 0 Å². The number of aryl methyl sites for hydroxylation is 1. The van der Waals surface area contributed by atoms with Crippen LogP contribution in [-0.4, -0.2) is 16.1 Å². The van der Waals surface area contributed by atoms with Crippen LogP contribution < -0.4 is 5.32 Å². The van der Waals surface area contributed by atoms with E-state index in [2.05, 4.69) is 70.7 Å². The zero-order valence-corrected chi connectivity index (χ0v) is 13.6. The van der Waals surface area contributed by atoms with Gasteiger partial charge in [0.05, 0.1) is 0 Å². The Bertz CT molecular complexity index is 673. The lowest BCUT2D eigenvalue weighted by atomic mass is 10.1. The molecule has 0 bridgehead atoms. The number of halogens is 2. The van der Waals surface area contributed by atoms with Gasteiger partial charge in [0.25, 0.3) is 0 Å². The average Bonchev–Trinajstić information content (AvgIpc) is 3.02. The summed E-state index contributed by atoms with van der Waals surface area (Å²) in [4.78, 5) is 3.32. The number of aromatic nitrogens is 2. The van der Waals surface area contributed by atoms with Crippen molar-refractivity contribution in [1.82, 2.24) is 14.9 Å². The first-order valence-corrected chi connectivity index (χ1v) is 6.70. The van der Waals surface area contributed by atoms with Crippen LogP contribution in [0.15, 0.2) is 48.8 Å². The first-order chi connectivity index (χ1) is 9.34. The number of hydrogen-bond donors (Lipinski definition) is 2. The Morgan fingerprint density at radius 1 is 1.10 bits per heavy atom. The lowest BCUT2D eigenvalue weighted by molar-refractivity contribution is 0.654. The lowest BCUT2D eigenvalue weighted by Gasteiger charge is -2.05. The molecule has 0 aliphatic carbocycles. The largest absolute Gasteiger partial charge is 0.361 e. The van der Waals surface area contributed by atoms with E-state index in [-0.39, 0.29) is 24.8 Å². The summed E-state index contributed by atoms with van der Waals surface area (Å²) in [5.41, 5.74) is 3.92. The van der Waals surface area contributed by atoms with Gasteiger partial charge in [-0.3, -0.25) is 0 Å². The second-order valence-corrected chi connectivity index (χ2v) is 4.90. The second-order valence-electron chi connectivity index (χ2n) is 4.90. The molecule has 0 aliphatic rings. The van der Waals surface area contributed by atoms with Gasteiger partial charge in [0.1, 0.15) is 0 Å². The minimum Gasteiger partial charge on any atom is -0.361 e. The molecule has 21 heavy (non-hydrogen) atoms. The molecule has 0 spiro atoms. The molecule has 2 heterocycles. The lowest BCUT2D eigenvalue weighted by Crippen LogP contribution is -2.18. The summed E-state index contributed by atoms with van der Waals surface area (Å²) in [5, 5.41) is 4.83. The first-order valence-electron chi connectivity index (χ1n) is 6.70. The van der Waals surface area contributed by atoms with Gasteiger partial charge in [0, 0.05) is 42.6 Å². The van der Waals surface area contributed by atoms with Gasteiger partial charge in [-0.15, -0.1) is 24.8 Å². The third-order valence-electron chi connectivity index (χ3n) is 3.60. The van der Waals surface area contributed by atoms with E-state index in [0.717, 1.165) is 19.5 Å². The quantitative estimate of drug-likeness (QED) is 0.689. The summed E-state index contributed by atoms with van der Waals surface area (Å²) in [7, 11) is 2.08. The first kappa shape index (κ1) is 17.6. The van der Waals surface area contributed by atoms with E-state index in [1.807, 2.05) is 0 Å². The number of nitrogens with one attached hydrogen (secondary N) is 2. The van der Waals surface area contributed by atoms with Gasteiger partial charge in [-0.1, -0.05) is 18.2 Å². The fourth-order valence-electron chi connectivity index (χ4n) is 2.46. The van der Waals surface area contributed by atoms with Gasteiger partial charge in [-0.2, -0.15) is 0 Å². The molecule has 114 valence electrons. The number of benzene rings is 1. The molecule has 1 aromatic carbocycles. The summed E-state index contributed by atoms with van der Waals surface area (Å²) in [6.45, 7) is 1.92. The van der Waals surface area contributed by atoms with Crippen LogP contribution in [0, 0.1) is 0 Å². The van der Waals surface area contributed by atoms with Crippen LogP contribution >= 0.6 is 24.8 Å². The zero-order valence-electron chi connectivity index (χ0n) is 12.0. The van der Waals surface area contributed by atoms with E-state index in [4.69, 9.17) is 0 Å². The predicted octanol–water partition coefficient (Wildman–Crippen LogP) is 3.68. The molecule has 2 aromatic heterocycles. The van der Waals surface area contributed by atoms with Crippen molar-refractivity contribution in [2.75, 3.05) is 6.54 Å². The molecule has 0 amide bonds. The van der Waals surface area contributed by atoms with Crippen LogP contribution in [0.3, 0.4) is 0 Å². The van der Waals surface area contributed by atoms with Crippen molar-refractivity contribution in [1.29, 1.82) is 0 Å². The highest BCUT2D eigenvalue weighted by Crippen LogP contribution is 2.17. The number of para-hydroxylation sites is 1. The minimum atomic E-state index is 0. The van der Waals surface area contributed by atoms with Crippen molar-refractivity contribution >= 4 is 35.7 Å². The summed E-state index contributed by atoms with van der Waals surface area (Å²) >= 11 is 0. The summed E-state index contributed by atoms with van der Waals surface area (Å²) in [6.07, 6.45) is 5.25. The maximum absolute atomic E-state index is 3.50. The van der Waals surface area contributed by atoms with E-state index in [0.29, 0.717) is 0 Å². The molecule has 3 rings (SSSR count). The van der Waals surface area contributed by atoms with E-state index < -0.39 is 0 Å². The molecule has 0 atom stereocenters. The molecule has 0 aliphatic heterocycles. The highest BCUT2D eigenvalue weighted by atomic mass is 35.5. The predicted molar refractivity (Wildman–Crippen MR) is 93.6 cm³/mol. The smallest absolute Gasteiger partial charge is 0.0456 e. The minimum absolute atomic E-state index is 0. The Hall–Kier alpha value is -1.42. The fourth-order valence-corrected chi connectivity index (χ4v) is 2.46. The van der Waals surface area contributed by atoms with Crippen LogP contribution in [0.25, 0.3) is 10.9 Å². The van der Waals surface area contributed by atoms with Crippen molar-refractivity contribution in [3.8, 4) is 0 Å². The zero-order chi connectivity index (χ0) is 13.1. The van der Waals surface area contributed by atoms with E-state index in [9.17, 15) is 0 Å². The van der Waals surface area contributed by atoms with Crippen molar-refractivity contribution in [3.05, 3.63) is 60.0 Å². The molecule has 5 heteroatoms. The Labute approximate surface area is 137 Å². The van der Waals surface area contributed by atoms with Crippen LogP contribution in [0.1, 0.15) is 11.3 Å². The molecule has 3 aromatic rings. The molecule has 0 saturated heterocycles. The van der Waals surface area contributed by atoms with Crippen LogP contribution in [-0.2, 0) is 20.0 Å². The maximum atomic E-state index is 3.50. The number of nitrogens with zero attached hydrogens (tertiary/aromatic N) is 1. The molecule has 0 saturated carbocycles. The molecular weight excluding hydrogens is 305 g/mol. The highest BCUT2D eigenvalue weighted by molar-refractivity contribution is 5.85. The summed E-state index contributed by atoms with van der Waals surface area (Å²) < 4.78 is 2.15. The third-order valence-corrected chi connectivity index (χ3v) is 3.60. The Morgan fingerprint density at radius 3 is 2.67 bits per heavy atom. The van der Waals surface area contributed by atoms with Crippen molar-refractivity contribution in [2.45, 2.75) is 13.0 Å². The van der Waals surface area contributed by atoms with Crippen molar-refractivity contribution < 1.29 is 0 Å². The average molecular weight is 326 g/mol. The highest BCUT2D eigenvalue weighted by Gasteiger charge is 2.02. The number of aromatic amines is 1. The Kier molecular flexibility index (Phi) is 6.82. The van der Waals surface area contributed by atoms with Crippen molar-refractivity contribution in [3.63, 3.8) is 0 Å². The third kappa shape index (κ3) is 4.03. The van der Waals surface area contributed by atoms with Crippen molar-refractivity contribution in [2.24, 2.45) is 7.05 Å². The molecular formula is C16H21Cl2N3. The van der Waals surface area contributed by atoms with Gasteiger partial charge < -0.3 is 14.9 Å². The second kappa shape index (κ2) is 8.13. The molecule has 0 unspecified atom stereocenters. The summed E-state index contributed by atoms with van der Waals surface area (Å²) in [5.74, 6) is 0.